The fraction of sp³-hybridized carbons (Fsp3) is 0.808. The lowest BCUT2D eigenvalue weighted by atomic mass is 9.46. The van der Waals surface area contributed by atoms with Crippen LogP contribution in [0.5, 0.6) is 0 Å². The number of hydrogen-bond acceptors (Lipinski definition) is 6. The molecule has 0 aromatic carbocycles. The van der Waals surface area contributed by atoms with E-state index in [0.29, 0.717) is 17.8 Å². The van der Waals surface area contributed by atoms with Crippen molar-refractivity contribution in [3.8, 4) is 0 Å². The van der Waals surface area contributed by atoms with Crippen LogP contribution in [0.2, 0.25) is 0 Å². The highest BCUT2D eigenvalue weighted by atomic mass is 16.6. The van der Waals surface area contributed by atoms with Gasteiger partial charge in [0.1, 0.15) is 0 Å². The van der Waals surface area contributed by atoms with Gasteiger partial charge in [0.15, 0.2) is 12.6 Å². The van der Waals surface area contributed by atoms with E-state index < -0.39 is 36.2 Å². The minimum absolute atomic E-state index is 0.0227. The molecule has 3 saturated carbocycles. The molecule has 8 nitrogen and oxygen atoms in total. The summed E-state index contributed by atoms with van der Waals surface area (Å²) in [5.74, 6) is -0.0617. The number of aliphatic hydroxyl groups is 2. The molecule has 8 heteroatoms. The smallest absolute Gasteiger partial charge is 0.328 e. The standard InChI is InChI=1S/C26H40N2O6/c1-15(29)22(23(31)32)27-21(30)14-34-28-17-7-10-24(2)16(13-17)5-6-18-19(24)8-11-25(3)20(18)9-12-26(25,4)33/h13,15,18-20,22,29,33H,5-12,14H2,1-4H3,(H,27,30)(H,31,32)/t15?,18-,19?,20?,22?,24+,25+,26+/m1/s1. The maximum Gasteiger partial charge on any atom is 0.328 e. The Kier molecular flexibility index (Phi) is 6.62. The van der Waals surface area contributed by atoms with Crippen molar-refractivity contribution < 1.29 is 29.7 Å². The molecule has 0 aromatic rings. The van der Waals surface area contributed by atoms with Crippen molar-refractivity contribution in [2.24, 2.45) is 33.7 Å². The largest absolute Gasteiger partial charge is 0.480 e. The van der Waals surface area contributed by atoms with Crippen molar-refractivity contribution in [3.05, 3.63) is 11.6 Å². The lowest BCUT2D eigenvalue weighted by Crippen LogP contribution is -2.53. The SMILES string of the molecule is CC(O)C(NC(=O)CON=C1C=C2CC[C@@H]3C(CC[C@@]4(C)C3CC[C@]4(C)O)[C@@]2(C)CC1)C(=O)O. The summed E-state index contributed by atoms with van der Waals surface area (Å²) in [5.41, 5.74) is 1.83. The van der Waals surface area contributed by atoms with Crippen LogP contribution in [0.25, 0.3) is 0 Å². The maximum absolute atomic E-state index is 12.0. The molecule has 4 rings (SSSR count). The zero-order valence-electron chi connectivity index (χ0n) is 20.8. The van der Waals surface area contributed by atoms with Crippen LogP contribution in [0, 0.1) is 28.6 Å². The number of aliphatic hydroxyl groups excluding tert-OH is 1. The zero-order valence-corrected chi connectivity index (χ0v) is 20.8. The highest BCUT2D eigenvalue weighted by Gasteiger charge is 2.62. The number of amides is 1. The Morgan fingerprint density at radius 1 is 1.15 bits per heavy atom. The number of carbonyl (C=O) groups excluding carboxylic acids is 1. The van der Waals surface area contributed by atoms with Gasteiger partial charge in [0, 0.05) is 0 Å². The highest BCUT2D eigenvalue weighted by molar-refractivity contribution is 5.96. The monoisotopic (exact) mass is 476 g/mol. The molecule has 4 aliphatic carbocycles. The zero-order chi connectivity index (χ0) is 24.9. The Labute approximate surface area is 201 Å². The van der Waals surface area contributed by atoms with Crippen LogP contribution in [-0.2, 0) is 14.4 Å². The third-order valence-corrected chi connectivity index (χ3v) is 9.98. The van der Waals surface area contributed by atoms with Gasteiger partial charge in [-0.05, 0) is 99.9 Å². The van der Waals surface area contributed by atoms with Crippen molar-refractivity contribution in [1.82, 2.24) is 5.32 Å². The lowest BCUT2D eigenvalue weighted by molar-refractivity contribution is -0.145. The van der Waals surface area contributed by atoms with Gasteiger partial charge < -0.3 is 25.5 Å². The lowest BCUT2D eigenvalue weighted by Gasteiger charge is -2.59. The molecular weight excluding hydrogens is 436 g/mol. The molecule has 0 saturated heterocycles. The maximum atomic E-state index is 12.0. The van der Waals surface area contributed by atoms with E-state index in [0.717, 1.165) is 57.1 Å². The first-order chi connectivity index (χ1) is 15.9. The average Bonchev–Trinajstić information content (AvgIpc) is 3.00. The molecule has 0 heterocycles. The Balaban J connectivity index is 1.40. The second-order valence-corrected chi connectivity index (χ2v) is 11.8. The van der Waals surface area contributed by atoms with E-state index in [1.807, 2.05) is 6.92 Å². The minimum atomic E-state index is -1.38. The second-order valence-electron chi connectivity index (χ2n) is 11.8. The van der Waals surface area contributed by atoms with Crippen LogP contribution in [0.3, 0.4) is 0 Å². The summed E-state index contributed by atoms with van der Waals surface area (Å²) in [7, 11) is 0. The van der Waals surface area contributed by atoms with Gasteiger partial charge >= 0.3 is 5.97 Å². The van der Waals surface area contributed by atoms with Crippen LogP contribution >= 0.6 is 0 Å². The fourth-order valence-electron chi connectivity index (χ4n) is 7.66. The van der Waals surface area contributed by atoms with Gasteiger partial charge in [-0.1, -0.05) is 24.6 Å². The predicted octanol–water partition coefficient (Wildman–Crippen LogP) is 3.02. The van der Waals surface area contributed by atoms with E-state index in [1.165, 1.54) is 12.5 Å². The van der Waals surface area contributed by atoms with Gasteiger partial charge in [0.2, 0.25) is 0 Å². The van der Waals surface area contributed by atoms with Crippen LogP contribution < -0.4 is 5.32 Å². The number of allylic oxidation sites excluding steroid dienone is 2. The molecule has 0 aliphatic heterocycles. The van der Waals surface area contributed by atoms with E-state index >= 15 is 0 Å². The summed E-state index contributed by atoms with van der Waals surface area (Å²) >= 11 is 0. The topological polar surface area (TPSA) is 128 Å². The number of carbonyl (C=O) groups is 2. The Morgan fingerprint density at radius 2 is 1.85 bits per heavy atom. The molecule has 0 radical (unpaired) electrons. The third kappa shape index (κ3) is 4.17. The second kappa shape index (κ2) is 8.94. The minimum Gasteiger partial charge on any atom is -0.480 e. The van der Waals surface area contributed by atoms with E-state index in [9.17, 15) is 19.8 Å². The number of fused-ring (bicyclic) bond motifs is 5. The van der Waals surface area contributed by atoms with Gasteiger partial charge in [-0.25, -0.2) is 4.79 Å². The first-order valence-electron chi connectivity index (χ1n) is 12.7. The molecule has 0 spiro atoms. The first kappa shape index (κ1) is 25.2. The van der Waals surface area contributed by atoms with Crippen LogP contribution in [0.4, 0.5) is 0 Å². The molecule has 190 valence electrons. The summed E-state index contributed by atoms with van der Waals surface area (Å²) in [6, 6.07) is -1.38. The summed E-state index contributed by atoms with van der Waals surface area (Å²) in [6.45, 7) is 7.67. The van der Waals surface area contributed by atoms with Gasteiger partial charge in [0.05, 0.1) is 17.4 Å². The van der Waals surface area contributed by atoms with Crippen molar-refractivity contribution in [2.45, 2.75) is 96.8 Å². The average molecular weight is 477 g/mol. The van der Waals surface area contributed by atoms with Crippen molar-refractivity contribution in [1.29, 1.82) is 0 Å². The Bertz CT molecular complexity index is 896. The van der Waals surface area contributed by atoms with Crippen LogP contribution in [0.1, 0.15) is 79.1 Å². The molecular formula is C26H40N2O6. The molecule has 4 unspecified atom stereocenters. The summed E-state index contributed by atoms with van der Waals surface area (Å²) in [4.78, 5) is 28.3. The molecule has 8 atom stereocenters. The number of carboxylic acid groups (broad SMARTS) is 1. The van der Waals surface area contributed by atoms with E-state index in [4.69, 9.17) is 9.94 Å². The molecule has 4 aliphatic rings. The van der Waals surface area contributed by atoms with E-state index in [1.54, 1.807) is 0 Å². The highest BCUT2D eigenvalue weighted by Crippen LogP contribution is 2.67. The fourth-order valence-corrected chi connectivity index (χ4v) is 7.66. The van der Waals surface area contributed by atoms with Gasteiger partial charge in [-0.15, -0.1) is 0 Å². The molecule has 34 heavy (non-hydrogen) atoms. The van der Waals surface area contributed by atoms with Crippen LogP contribution in [0.15, 0.2) is 16.8 Å². The van der Waals surface area contributed by atoms with Crippen molar-refractivity contribution in [2.75, 3.05) is 6.61 Å². The summed E-state index contributed by atoms with van der Waals surface area (Å²) in [5, 5.41) is 36.0. The normalized spacial score (nSPS) is 42.0. The molecule has 3 fully saturated rings. The van der Waals surface area contributed by atoms with Gasteiger partial charge in [-0.3, -0.25) is 4.79 Å². The predicted molar refractivity (Wildman–Crippen MR) is 127 cm³/mol. The number of nitrogens with zero attached hydrogens (tertiary/aromatic N) is 1. The van der Waals surface area contributed by atoms with Crippen molar-refractivity contribution >= 4 is 17.6 Å². The Morgan fingerprint density at radius 3 is 2.53 bits per heavy atom. The molecule has 0 aromatic heterocycles. The van der Waals surface area contributed by atoms with Gasteiger partial charge in [-0.2, -0.15) is 0 Å². The molecule has 0 bridgehead atoms. The number of hydrogen-bond donors (Lipinski definition) is 4. The summed E-state index contributed by atoms with van der Waals surface area (Å²) < 4.78 is 0. The molecule has 1 amide bonds. The quantitative estimate of drug-likeness (QED) is 0.436. The first-order valence-corrected chi connectivity index (χ1v) is 12.7. The number of carboxylic acids is 1. The van der Waals surface area contributed by atoms with Crippen LogP contribution in [-0.4, -0.2) is 57.3 Å². The number of aliphatic carboxylic acids is 1. The Hall–Kier alpha value is -1.93. The van der Waals surface area contributed by atoms with E-state index in [-0.39, 0.29) is 10.8 Å². The number of oxime groups is 1. The third-order valence-electron chi connectivity index (χ3n) is 9.98. The number of rotatable bonds is 6. The summed E-state index contributed by atoms with van der Waals surface area (Å²) in [6.07, 6.45) is 9.14. The number of nitrogens with one attached hydrogen (secondary N) is 1. The van der Waals surface area contributed by atoms with Gasteiger partial charge in [0.25, 0.3) is 5.91 Å². The van der Waals surface area contributed by atoms with Crippen molar-refractivity contribution in [3.63, 3.8) is 0 Å². The molecule has 4 N–H and O–H groups in total. The van der Waals surface area contributed by atoms with E-state index in [2.05, 4.69) is 30.4 Å².